The largest absolute Gasteiger partial charge is 0.476 e. The summed E-state index contributed by atoms with van der Waals surface area (Å²) < 4.78 is 15.1. The Morgan fingerprint density at radius 3 is 2.75 bits per heavy atom. The van der Waals surface area contributed by atoms with Crippen molar-refractivity contribution in [2.24, 2.45) is 0 Å². The second-order valence-electron chi connectivity index (χ2n) is 4.64. The maximum absolute atomic E-state index is 13.8. The molecule has 0 saturated carbocycles. The first kappa shape index (κ1) is 14.5. The van der Waals surface area contributed by atoms with Crippen molar-refractivity contribution in [1.82, 2.24) is 15.0 Å². The SMILES string of the molecule is CC(C)c1c(C(=O)O)nnn1Cc1c(F)cccc1Cl. The lowest BCUT2D eigenvalue weighted by Gasteiger charge is -2.11. The van der Waals surface area contributed by atoms with E-state index in [2.05, 4.69) is 10.3 Å². The van der Waals surface area contributed by atoms with E-state index in [1.807, 2.05) is 13.8 Å². The van der Waals surface area contributed by atoms with Gasteiger partial charge in [0.25, 0.3) is 0 Å². The molecule has 1 aromatic heterocycles. The molecule has 1 aromatic carbocycles. The van der Waals surface area contributed by atoms with Crippen molar-refractivity contribution in [2.75, 3.05) is 0 Å². The monoisotopic (exact) mass is 297 g/mol. The molecule has 0 amide bonds. The van der Waals surface area contributed by atoms with E-state index in [9.17, 15) is 9.18 Å². The first-order chi connectivity index (χ1) is 9.41. The molecule has 7 heteroatoms. The van der Waals surface area contributed by atoms with E-state index >= 15 is 0 Å². The third kappa shape index (κ3) is 2.65. The maximum Gasteiger partial charge on any atom is 0.358 e. The summed E-state index contributed by atoms with van der Waals surface area (Å²) in [6.07, 6.45) is 0. The fourth-order valence-electron chi connectivity index (χ4n) is 1.99. The van der Waals surface area contributed by atoms with Gasteiger partial charge in [-0.25, -0.2) is 13.9 Å². The number of aromatic nitrogens is 3. The average Bonchev–Trinajstić information content (AvgIpc) is 2.78. The quantitative estimate of drug-likeness (QED) is 0.942. The van der Waals surface area contributed by atoms with Crippen molar-refractivity contribution in [3.63, 3.8) is 0 Å². The Morgan fingerprint density at radius 2 is 2.20 bits per heavy atom. The zero-order valence-corrected chi connectivity index (χ0v) is 11.7. The first-order valence-electron chi connectivity index (χ1n) is 6.01. The van der Waals surface area contributed by atoms with E-state index in [0.717, 1.165) is 0 Å². The summed E-state index contributed by atoms with van der Waals surface area (Å²) in [6, 6.07) is 4.38. The summed E-state index contributed by atoms with van der Waals surface area (Å²) >= 11 is 5.96. The second kappa shape index (κ2) is 5.58. The Kier molecular flexibility index (Phi) is 4.04. The zero-order chi connectivity index (χ0) is 14.9. The fraction of sp³-hybridized carbons (Fsp3) is 0.308. The van der Waals surface area contributed by atoms with Gasteiger partial charge in [0.15, 0.2) is 5.69 Å². The van der Waals surface area contributed by atoms with Gasteiger partial charge in [-0.2, -0.15) is 0 Å². The number of hydrogen-bond donors (Lipinski definition) is 1. The van der Waals surface area contributed by atoms with Gasteiger partial charge in [-0.05, 0) is 18.1 Å². The van der Waals surface area contributed by atoms with Crippen LogP contribution in [0.15, 0.2) is 18.2 Å². The molecule has 2 aromatic rings. The van der Waals surface area contributed by atoms with Gasteiger partial charge in [0.1, 0.15) is 5.82 Å². The highest BCUT2D eigenvalue weighted by Crippen LogP contribution is 2.23. The summed E-state index contributed by atoms with van der Waals surface area (Å²) in [5.74, 6) is -1.72. The molecule has 0 atom stereocenters. The van der Waals surface area contributed by atoms with E-state index in [0.29, 0.717) is 5.69 Å². The number of carboxylic acid groups (broad SMARTS) is 1. The van der Waals surface area contributed by atoms with Crippen molar-refractivity contribution in [1.29, 1.82) is 0 Å². The minimum absolute atomic E-state index is 0.0410. The lowest BCUT2D eigenvalue weighted by atomic mass is 10.1. The van der Waals surface area contributed by atoms with Gasteiger partial charge in [-0.3, -0.25) is 0 Å². The normalized spacial score (nSPS) is 11.1. The number of aromatic carboxylic acids is 1. The average molecular weight is 298 g/mol. The van der Waals surface area contributed by atoms with Crippen LogP contribution in [0.3, 0.4) is 0 Å². The molecule has 0 fully saturated rings. The van der Waals surface area contributed by atoms with Crippen LogP contribution < -0.4 is 0 Å². The lowest BCUT2D eigenvalue weighted by molar-refractivity contribution is 0.0688. The Bertz CT molecular complexity index is 635. The zero-order valence-electron chi connectivity index (χ0n) is 11.0. The van der Waals surface area contributed by atoms with Gasteiger partial charge >= 0.3 is 5.97 Å². The molecule has 0 aliphatic heterocycles. The predicted molar refractivity (Wildman–Crippen MR) is 71.6 cm³/mol. The van der Waals surface area contributed by atoms with Gasteiger partial charge in [-0.1, -0.05) is 36.7 Å². The molecule has 0 bridgehead atoms. The number of benzene rings is 1. The van der Waals surface area contributed by atoms with Crippen molar-refractivity contribution in [2.45, 2.75) is 26.3 Å². The third-order valence-corrected chi connectivity index (χ3v) is 3.25. The smallest absolute Gasteiger partial charge is 0.358 e. The highest BCUT2D eigenvalue weighted by atomic mass is 35.5. The molecule has 5 nitrogen and oxygen atoms in total. The third-order valence-electron chi connectivity index (χ3n) is 2.89. The van der Waals surface area contributed by atoms with Crippen molar-refractivity contribution >= 4 is 17.6 Å². The van der Waals surface area contributed by atoms with E-state index in [1.54, 1.807) is 6.07 Å². The molecule has 0 aliphatic carbocycles. The van der Waals surface area contributed by atoms with Crippen molar-refractivity contribution in [3.8, 4) is 0 Å². The summed E-state index contributed by atoms with van der Waals surface area (Å²) in [4.78, 5) is 11.1. The van der Waals surface area contributed by atoms with Crippen LogP contribution in [0.1, 0.15) is 41.5 Å². The summed E-state index contributed by atoms with van der Waals surface area (Å²) in [5.41, 5.74) is 0.585. The Morgan fingerprint density at radius 1 is 1.50 bits per heavy atom. The van der Waals surface area contributed by atoms with E-state index < -0.39 is 11.8 Å². The molecule has 2 rings (SSSR count). The number of nitrogens with zero attached hydrogens (tertiary/aromatic N) is 3. The molecule has 1 heterocycles. The molecule has 0 spiro atoms. The van der Waals surface area contributed by atoms with Crippen LogP contribution in [-0.4, -0.2) is 26.1 Å². The summed E-state index contributed by atoms with van der Waals surface area (Å²) in [5, 5.41) is 16.8. The van der Waals surface area contributed by atoms with Crippen LogP contribution in [0, 0.1) is 5.82 Å². The molecular formula is C13H13ClFN3O2. The summed E-state index contributed by atoms with van der Waals surface area (Å²) in [6.45, 7) is 3.69. The Labute approximate surface area is 120 Å². The number of halogens is 2. The minimum atomic E-state index is -1.15. The van der Waals surface area contributed by atoms with Crippen LogP contribution in [0.2, 0.25) is 5.02 Å². The van der Waals surface area contributed by atoms with Gasteiger partial charge in [0, 0.05) is 10.6 Å². The van der Waals surface area contributed by atoms with Gasteiger partial charge in [0.05, 0.1) is 12.2 Å². The Balaban J connectivity index is 2.47. The van der Waals surface area contributed by atoms with Crippen LogP contribution in [0.25, 0.3) is 0 Å². The van der Waals surface area contributed by atoms with Crippen LogP contribution in [-0.2, 0) is 6.54 Å². The fourth-order valence-corrected chi connectivity index (χ4v) is 2.22. The number of hydrogen-bond acceptors (Lipinski definition) is 3. The van der Waals surface area contributed by atoms with Crippen LogP contribution in [0.4, 0.5) is 4.39 Å². The van der Waals surface area contributed by atoms with E-state index in [4.69, 9.17) is 16.7 Å². The maximum atomic E-state index is 13.8. The van der Waals surface area contributed by atoms with Gasteiger partial charge in [-0.15, -0.1) is 5.10 Å². The first-order valence-corrected chi connectivity index (χ1v) is 6.39. The van der Waals surface area contributed by atoms with Crippen molar-refractivity contribution < 1.29 is 14.3 Å². The van der Waals surface area contributed by atoms with E-state index in [1.165, 1.54) is 16.8 Å². The molecule has 0 saturated heterocycles. The Hall–Kier alpha value is -1.95. The molecule has 0 aliphatic rings. The number of carbonyl (C=O) groups is 1. The second-order valence-corrected chi connectivity index (χ2v) is 5.05. The van der Waals surface area contributed by atoms with Crippen LogP contribution in [0.5, 0.6) is 0 Å². The topological polar surface area (TPSA) is 68.0 Å². The molecular weight excluding hydrogens is 285 g/mol. The molecule has 1 N–H and O–H groups in total. The molecule has 106 valence electrons. The summed E-state index contributed by atoms with van der Waals surface area (Å²) in [7, 11) is 0. The molecule has 20 heavy (non-hydrogen) atoms. The highest BCUT2D eigenvalue weighted by molar-refractivity contribution is 6.31. The minimum Gasteiger partial charge on any atom is -0.476 e. The van der Waals surface area contributed by atoms with Gasteiger partial charge < -0.3 is 5.11 Å². The molecule has 0 radical (unpaired) electrons. The number of rotatable bonds is 4. The standard InChI is InChI=1S/C13H13ClFN3O2/c1-7(2)12-11(13(19)20)16-17-18(12)6-8-9(14)4-3-5-10(8)15/h3-5,7H,6H2,1-2H3,(H,19,20). The van der Waals surface area contributed by atoms with Gasteiger partial charge in [0.2, 0.25) is 0 Å². The predicted octanol–water partition coefficient (Wildman–Crippen LogP) is 2.94. The highest BCUT2D eigenvalue weighted by Gasteiger charge is 2.22. The molecule has 0 unspecified atom stereocenters. The van der Waals surface area contributed by atoms with Crippen molar-refractivity contribution in [3.05, 3.63) is 46.0 Å². The van der Waals surface area contributed by atoms with Crippen LogP contribution >= 0.6 is 11.6 Å². The van der Waals surface area contributed by atoms with E-state index in [-0.39, 0.29) is 28.7 Å². The lowest BCUT2D eigenvalue weighted by Crippen LogP contribution is -2.12. The number of carboxylic acids is 1.